The highest BCUT2D eigenvalue weighted by atomic mass is 19.4. The van der Waals surface area contributed by atoms with Gasteiger partial charge in [0.25, 0.3) is 5.91 Å². The van der Waals surface area contributed by atoms with Crippen LogP contribution in [0, 0.1) is 13.8 Å². The van der Waals surface area contributed by atoms with E-state index in [1.165, 1.54) is 23.1 Å². The number of hydrogen-bond acceptors (Lipinski definition) is 2. The summed E-state index contributed by atoms with van der Waals surface area (Å²) in [6.45, 7) is 5.48. The van der Waals surface area contributed by atoms with Gasteiger partial charge in [0, 0.05) is 28.7 Å². The Hall–Kier alpha value is -3.29. The number of H-pyrrole nitrogens is 1. The number of benzene rings is 2. The van der Waals surface area contributed by atoms with Crippen molar-refractivity contribution in [1.82, 2.24) is 9.88 Å². The van der Waals surface area contributed by atoms with Crippen LogP contribution in [-0.2, 0) is 11.0 Å². The van der Waals surface area contributed by atoms with E-state index in [0.717, 1.165) is 28.2 Å². The third kappa shape index (κ3) is 4.32. The zero-order valence-corrected chi connectivity index (χ0v) is 16.9. The summed E-state index contributed by atoms with van der Waals surface area (Å²) < 4.78 is 39.4. The molecule has 3 aromatic rings. The Balaban J connectivity index is 1.78. The molecule has 0 aliphatic heterocycles. The second kappa shape index (κ2) is 8.22. The number of aryl methyl sites for hydroxylation is 2. The van der Waals surface area contributed by atoms with Crippen molar-refractivity contribution >= 4 is 28.4 Å². The Labute approximate surface area is 171 Å². The van der Waals surface area contributed by atoms with Crippen LogP contribution >= 0.6 is 0 Å². The Morgan fingerprint density at radius 3 is 2.47 bits per heavy atom. The molecule has 1 heterocycles. The number of carbonyl (C=O) groups is 2. The van der Waals surface area contributed by atoms with E-state index in [-0.39, 0.29) is 24.7 Å². The SMILES string of the molecule is CCN(CC(=O)Nc1ccccc1C(F)(F)F)C(=O)c1ccc2[nH]c(C)c(C)c2c1. The Kier molecular flexibility index (Phi) is 5.87. The number of aromatic amines is 1. The van der Waals surface area contributed by atoms with E-state index < -0.39 is 17.6 Å². The summed E-state index contributed by atoms with van der Waals surface area (Å²) in [5, 5.41) is 3.19. The van der Waals surface area contributed by atoms with Crippen molar-refractivity contribution in [1.29, 1.82) is 0 Å². The summed E-state index contributed by atoms with van der Waals surface area (Å²) in [7, 11) is 0. The van der Waals surface area contributed by atoms with E-state index in [0.29, 0.717) is 5.56 Å². The van der Waals surface area contributed by atoms with Crippen molar-refractivity contribution in [3.8, 4) is 0 Å². The first-order chi connectivity index (χ1) is 14.1. The van der Waals surface area contributed by atoms with Gasteiger partial charge >= 0.3 is 6.18 Å². The van der Waals surface area contributed by atoms with Gasteiger partial charge < -0.3 is 15.2 Å². The molecule has 0 bridgehead atoms. The highest BCUT2D eigenvalue weighted by Crippen LogP contribution is 2.34. The average Bonchev–Trinajstić information content (AvgIpc) is 2.98. The van der Waals surface area contributed by atoms with Gasteiger partial charge in [0.2, 0.25) is 5.91 Å². The van der Waals surface area contributed by atoms with Gasteiger partial charge in [-0.2, -0.15) is 13.2 Å². The second-order valence-electron chi connectivity index (χ2n) is 7.05. The number of aromatic nitrogens is 1. The fourth-order valence-corrected chi connectivity index (χ4v) is 3.31. The molecule has 0 radical (unpaired) electrons. The van der Waals surface area contributed by atoms with Gasteiger partial charge in [-0.25, -0.2) is 0 Å². The molecule has 0 aliphatic rings. The minimum Gasteiger partial charge on any atom is -0.358 e. The van der Waals surface area contributed by atoms with Crippen molar-refractivity contribution in [3.63, 3.8) is 0 Å². The van der Waals surface area contributed by atoms with Crippen LogP contribution in [0.25, 0.3) is 10.9 Å². The molecule has 0 saturated carbocycles. The zero-order valence-electron chi connectivity index (χ0n) is 16.9. The first-order valence-corrected chi connectivity index (χ1v) is 9.46. The van der Waals surface area contributed by atoms with Crippen molar-refractivity contribution in [2.24, 2.45) is 0 Å². The number of likely N-dealkylation sites (N-methyl/N-ethyl adjacent to an activating group) is 1. The molecule has 8 heteroatoms. The number of amides is 2. The van der Waals surface area contributed by atoms with E-state index >= 15 is 0 Å². The van der Waals surface area contributed by atoms with Gasteiger partial charge in [0.1, 0.15) is 6.54 Å². The lowest BCUT2D eigenvalue weighted by Crippen LogP contribution is -2.38. The van der Waals surface area contributed by atoms with Gasteiger partial charge in [-0.05, 0) is 56.7 Å². The predicted octanol–water partition coefficient (Wildman–Crippen LogP) is 4.90. The number of carbonyl (C=O) groups excluding carboxylic acids is 2. The van der Waals surface area contributed by atoms with Gasteiger partial charge in [-0.1, -0.05) is 12.1 Å². The Morgan fingerprint density at radius 1 is 1.10 bits per heavy atom. The molecule has 0 saturated heterocycles. The van der Waals surface area contributed by atoms with Crippen molar-refractivity contribution in [2.45, 2.75) is 26.9 Å². The van der Waals surface area contributed by atoms with Crippen molar-refractivity contribution < 1.29 is 22.8 Å². The van der Waals surface area contributed by atoms with Crippen LogP contribution in [-0.4, -0.2) is 34.8 Å². The maximum absolute atomic E-state index is 13.1. The van der Waals surface area contributed by atoms with E-state index in [4.69, 9.17) is 0 Å². The van der Waals surface area contributed by atoms with Gasteiger partial charge in [0.15, 0.2) is 0 Å². The van der Waals surface area contributed by atoms with E-state index in [1.807, 2.05) is 13.8 Å². The molecule has 0 aliphatic carbocycles. The lowest BCUT2D eigenvalue weighted by atomic mass is 10.1. The van der Waals surface area contributed by atoms with Crippen LogP contribution in [0.1, 0.15) is 34.1 Å². The van der Waals surface area contributed by atoms with E-state index in [2.05, 4.69) is 10.3 Å². The molecule has 3 rings (SSSR count). The molecule has 2 N–H and O–H groups in total. The molecule has 30 heavy (non-hydrogen) atoms. The minimum atomic E-state index is -4.59. The number of anilines is 1. The number of fused-ring (bicyclic) bond motifs is 1. The largest absolute Gasteiger partial charge is 0.418 e. The third-order valence-corrected chi connectivity index (χ3v) is 5.07. The molecular formula is C22H22F3N3O2. The summed E-state index contributed by atoms with van der Waals surface area (Å²) in [5.74, 6) is -1.06. The summed E-state index contributed by atoms with van der Waals surface area (Å²) in [4.78, 5) is 29.8. The number of hydrogen-bond donors (Lipinski definition) is 2. The lowest BCUT2D eigenvalue weighted by Gasteiger charge is -2.21. The first kappa shape index (κ1) is 21.4. The normalized spacial score (nSPS) is 11.5. The Morgan fingerprint density at radius 2 is 1.80 bits per heavy atom. The number of halogens is 3. The topological polar surface area (TPSA) is 65.2 Å². The zero-order chi connectivity index (χ0) is 22.1. The molecular weight excluding hydrogens is 395 g/mol. The molecule has 0 spiro atoms. The van der Waals surface area contributed by atoms with Crippen molar-refractivity contribution in [2.75, 3.05) is 18.4 Å². The smallest absolute Gasteiger partial charge is 0.358 e. The van der Waals surface area contributed by atoms with Crippen LogP contribution in [0.2, 0.25) is 0 Å². The van der Waals surface area contributed by atoms with E-state index in [9.17, 15) is 22.8 Å². The quantitative estimate of drug-likeness (QED) is 0.620. The van der Waals surface area contributed by atoms with Gasteiger partial charge in [-0.3, -0.25) is 9.59 Å². The molecule has 2 amide bonds. The molecule has 2 aromatic carbocycles. The first-order valence-electron chi connectivity index (χ1n) is 9.46. The summed E-state index contributed by atoms with van der Waals surface area (Å²) >= 11 is 0. The van der Waals surface area contributed by atoms with Crippen LogP contribution in [0.15, 0.2) is 42.5 Å². The number of para-hydroxylation sites is 1. The van der Waals surface area contributed by atoms with Crippen molar-refractivity contribution in [3.05, 3.63) is 64.8 Å². The maximum atomic E-state index is 13.1. The van der Waals surface area contributed by atoms with Gasteiger partial charge in [-0.15, -0.1) is 0 Å². The number of rotatable bonds is 5. The fourth-order valence-electron chi connectivity index (χ4n) is 3.31. The highest BCUT2D eigenvalue weighted by Gasteiger charge is 2.33. The number of alkyl halides is 3. The molecule has 0 fully saturated rings. The number of nitrogens with one attached hydrogen (secondary N) is 2. The monoisotopic (exact) mass is 417 g/mol. The van der Waals surface area contributed by atoms with E-state index in [1.54, 1.807) is 25.1 Å². The summed E-state index contributed by atoms with van der Waals surface area (Å²) in [6.07, 6.45) is -4.59. The standard InChI is InChI=1S/C22H22F3N3O2/c1-4-28(12-20(29)27-19-8-6-5-7-17(19)22(23,24)25)21(30)15-9-10-18-16(11-15)13(2)14(3)26-18/h5-11,26H,4,12H2,1-3H3,(H,27,29). The third-order valence-electron chi connectivity index (χ3n) is 5.07. The van der Waals surface area contributed by atoms with Crippen LogP contribution in [0.5, 0.6) is 0 Å². The fraction of sp³-hybridized carbons (Fsp3) is 0.273. The molecule has 0 unspecified atom stereocenters. The van der Waals surface area contributed by atoms with Gasteiger partial charge in [0.05, 0.1) is 11.3 Å². The summed E-state index contributed by atoms with van der Waals surface area (Å²) in [5.41, 5.74) is 2.09. The molecule has 1 aromatic heterocycles. The molecule has 5 nitrogen and oxygen atoms in total. The predicted molar refractivity (Wildman–Crippen MR) is 109 cm³/mol. The highest BCUT2D eigenvalue weighted by molar-refractivity contribution is 6.02. The Bertz CT molecular complexity index is 1100. The average molecular weight is 417 g/mol. The molecule has 158 valence electrons. The van der Waals surface area contributed by atoms with Crippen LogP contribution in [0.3, 0.4) is 0 Å². The minimum absolute atomic E-state index is 0.232. The molecule has 0 atom stereocenters. The van der Waals surface area contributed by atoms with Crippen LogP contribution < -0.4 is 5.32 Å². The lowest BCUT2D eigenvalue weighted by molar-refractivity contribution is -0.137. The summed E-state index contributed by atoms with van der Waals surface area (Å²) in [6, 6.07) is 9.97. The second-order valence-corrected chi connectivity index (χ2v) is 7.05. The maximum Gasteiger partial charge on any atom is 0.418 e. The van der Waals surface area contributed by atoms with Crippen LogP contribution in [0.4, 0.5) is 18.9 Å². The number of nitrogens with zero attached hydrogens (tertiary/aromatic N) is 1.